The zero-order valence-electron chi connectivity index (χ0n) is 16.8. The number of fused-ring (bicyclic) bond motifs is 2. The van der Waals surface area contributed by atoms with Crippen LogP contribution in [-0.2, 0) is 12.8 Å². The van der Waals surface area contributed by atoms with Gasteiger partial charge in [-0.2, -0.15) is 0 Å². The summed E-state index contributed by atoms with van der Waals surface area (Å²) in [6.45, 7) is 4.24. The molecule has 150 valence electrons. The van der Waals surface area contributed by atoms with Gasteiger partial charge in [-0.15, -0.1) is 0 Å². The fourth-order valence-corrected chi connectivity index (χ4v) is 4.46. The summed E-state index contributed by atoms with van der Waals surface area (Å²) >= 11 is 0. The van der Waals surface area contributed by atoms with Crippen molar-refractivity contribution in [3.8, 4) is 11.6 Å². The van der Waals surface area contributed by atoms with Gasteiger partial charge in [0.25, 0.3) is 5.88 Å². The number of hydrogen-bond acceptors (Lipinski definition) is 6. The van der Waals surface area contributed by atoms with E-state index in [1.807, 2.05) is 6.07 Å². The van der Waals surface area contributed by atoms with Gasteiger partial charge < -0.3 is 19.7 Å². The molecule has 5 rings (SSSR count). The van der Waals surface area contributed by atoms with Crippen LogP contribution in [0.4, 0.5) is 5.69 Å². The number of hydrogen-bond donors (Lipinski definition) is 1. The van der Waals surface area contributed by atoms with E-state index in [-0.39, 0.29) is 0 Å². The zero-order valence-corrected chi connectivity index (χ0v) is 16.8. The smallest absolute Gasteiger partial charge is 0.257 e. The molecule has 0 atom stereocenters. The molecule has 6 heteroatoms. The first-order valence-corrected chi connectivity index (χ1v) is 10.8. The van der Waals surface area contributed by atoms with Gasteiger partial charge in [-0.25, -0.2) is 4.98 Å². The van der Waals surface area contributed by atoms with Crippen LogP contribution in [0.3, 0.4) is 0 Å². The maximum absolute atomic E-state index is 6.07. The van der Waals surface area contributed by atoms with Crippen molar-refractivity contribution in [2.75, 3.05) is 38.7 Å². The summed E-state index contributed by atoms with van der Waals surface area (Å²) in [7, 11) is 1.67. The van der Waals surface area contributed by atoms with Crippen LogP contribution < -0.4 is 14.8 Å². The van der Waals surface area contributed by atoms with E-state index in [9.17, 15) is 0 Å². The van der Waals surface area contributed by atoms with E-state index in [2.05, 4.69) is 10.2 Å². The van der Waals surface area contributed by atoms with Crippen LogP contribution in [0.25, 0.3) is 11.0 Å². The molecular weight excluding hydrogens is 352 g/mol. The lowest BCUT2D eigenvalue weighted by atomic mass is 10.1. The van der Waals surface area contributed by atoms with Crippen molar-refractivity contribution in [3.05, 3.63) is 17.3 Å². The highest BCUT2D eigenvalue weighted by molar-refractivity contribution is 5.92. The average Bonchev–Trinajstić information content (AvgIpc) is 3.17. The third kappa shape index (κ3) is 3.62. The molecule has 6 nitrogen and oxygen atoms in total. The van der Waals surface area contributed by atoms with Gasteiger partial charge in [-0.1, -0.05) is 0 Å². The van der Waals surface area contributed by atoms with Crippen molar-refractivity contribution in [2.24, 2.45) is 0 Å². The molecule has 2 fully saturated rings. The first-order chi connectivity index (χ1) is 13.8. The highest BCUT2D eigenvalue weighted by Gasteiger charge is 2.27. The molecule has 2 aromatic rings. The molecule has 1 aliphatic heterocycles. The number of anilines is 1. The van der Waals surface area contributed by atoms with Crippen LogP contribution in [0.5, 0.6) is 11.6 Å². The molecule has 1 N–H and O–H groups in total. The summed E-state index contributed by atoms with van der Waals surface area (Å²) in [5, 5.41) is 3.71. The molecule has 2 aliphatic carbocycles. The molecule has 0 spiro atoms. The molecule has 0 unspecified atom stereocenters. The van der Waals surface area contributed by atoms with E-state index in [0.717, 1.165) is 36.8 Å². The normalized spacial score (nSPS) is 19.2. The number of pyridine rings is 2. The summed E-state index contributed by atoms with van der Waals surface area (Å²) in [6.07, 6.45) is 9.49. The number of aryl methyl sites for hydroxylation is 1. The Hall–Kier alpha value is -2.08. The van der Waals surface area contributed by atoms with Crippen LogP contribution in [0, 0.1) is 0 Å². The topological polar surface area (TPSA) is 59.5 Å². The molecule has 1 saturated carbocycles. The van der Waals surface area contributed by atoms with Crippen molar-refractivity contribution >= 4 is 16.7 Å². The van der Waals surface area contributed by atoms with Gasteiger partial charge in [0.2, 0.25) is 0 Å². The fourth-order valence-electron chi connectivity index (χ4n) is 4.46. The van der Waals surface area contributed by atoms with Crippen LogP contribution >= 0.6 is 0 Å². The Morgan fingerprint density at radius 3 is 2.79 bits per heavy atom. The van der Waals surface area contributed by atoms with E-state index >= 15 is 0 Å². The molecule has 3 heterocycles. The average molecular weight is 383 g/mol. The van der Waals surface area contributed by atoms with Gasteiger partial charge in [-0.05, 0) is 70.0 Å². The molecule has 0 aromatic carbocycles. The van der Waals surface area contributed by atoms with E-state index in [1.165, 1.54) is 62.1 Å². The van der Waals surface area contributed by atoms with Crippen molar-refractivity contribution in [1.82, 2.24) is 14.9 Å². The Morgan fingerprint density at radius 2 is 2.00 bits per heavy atom. The van der Waals surface area contributed by atoms with E-state index in [4.69, 9.17) is 19.4 Å². The number of methoxy groups -OCH3 is 1. The minimum Gasteiger partial charge on any atom is -0.488 e. The van der Waals surface area contributed by atoms with E-state index < -0.39 is 0 Å². The highest BCUT2D eigenvalue weighted by Crippen LogP contribution is 2.39. The van der Waals surface area contributed by atoms with Crippen LogP contribution in [0.15, 0.2) is 6.07 Å². The minimum atomic E-state index is 0.562. The molecule has 2 aromatic heterocycles. The molecule has 0 radical (unpaired) electrons. The Labute approximate surface area is 166 Å². The highest BCUT2D eigenvalue weighted by atomic mass is 16.5. The second-order valence-corrected chi connectivity index (χ2v) is 8.30. The van der Waals surface area contributed by atoms with E-state index in [1.54, 1.807) is 7.11 Å². The second kappa shape index (κ2) is 7.74. The molecule has 0 bridgehead atoms. The summed E-state index contributed by atoms with van der Waals surface area (Å²) < 4.78 is 11.7. The number of rotatable bonds is 8. The zero-order chi connectivity index (χ0) is 18.9. The number of nitrogens with one attached hydrogen (secondary N) is 1. The summed E-state index contributed by atoms with van der Waals surface area (Å²) in [5.74, 6) is 1.27. The van der Waals surface area contributed by atoms with Crippen LogP contribution in [0.1, 0.15) is 49.8 Å². The van der Waals surface area contributed by atoms with Gasteiger partial charge in [-0.3, -0.25) is 4.98 Å². The van der Waals surface area contributed by atoms with Crippen molar-refractivity contribution in [1.29, 1.82) is 0 Å². The third-order valence-electron chi connectivity index (χ3n) is 6.11. The lowest BCUT2D eigenvalue weighted by molar-refractivity contribution is 0.252. The van der Waals surface area contributed by atoms with Crippen LogP contribution in [0.2, 0.25) is 0 Å². The Morgan fingerprint density at radius 1 is 1.14 bits per heavy atom. The van der Waals surface area contributed by atoms with Gasteiger partial charge >= 0.3 is 0 Å². The van der Waals surface area contributed by atoms with Crippen molar-refractivity contribution < 1.29 is 9.47 Å². The van der Waals surface area contributed by atoms with Gasteiger partial charge in [0.05, 0.1) is 24.9 Å². The monoisotopic (exact) mass is 382 g/mol. The third-order valence-corrected chi connectivity index (χ3v) is 6.11. The predicted molar refractivity (Wildman–Crippen MR) is 111 cm³/mol. The minimum absolute atomic E-state index is 0.562. The summed E-state index contributed by atoms with van der Waals surface area (Å²) in [4.78, 5) is 12.3. The predicted octanol–water partition coefficient (Wildman–Crippen LogP) is 3.57. The first-order valence-electron chi connectivity index (χ1n) is 10.8. The van der Waals surface area contributed by atoms with Crippen molar-refractivity contribution in [2.45, 2.75) is 57.4 Å². The number of ether oxygens (including phenoxy) is 2. The van der Waals surface area contributed by atoms with E-state index in [0.29, 0.717) is 24.3 Å². The van der Waals surface area contributed by atoms with Crippen LogP contribution in [-0.4, -0.2) is 54.3 Å². The Bertz CT molecular complexity index is 859. The first kappa shape index (κ1) is 18.0. The molecule has 0 amide bonds. The molecule has 1 saturated heterocycles. The largest absolute Gasteiger partial charge is 0.488 e. The SMILES string of the molecule is COc1nc2c(NC3CC3)c3c(nc2cc1OCCCN1CCCC1)CCC3. The molecule has 3 aliphatic rings. The summed E-state index contributed by atoms with van der Waals surface area (Å²) in [5.41, 5.74) is 5.60. The second-order valence-electron chi connectivity index (χ2n) is 8.30. The maximum Gasteiger partial charge on any atom is 0.257 e. The summed E-state index contributed by atoms with van der Waals surface area (Å²) in [6, 6.07) is 2.61. The molecular formula is C22H30N4O2. The Kier molecular flexibility index (Phi) is 4.97. The number of nitrogens with zero attached hydrogens (tertiary/aromatic N) is 3. The lowest BCUT2D eigenvalue weighted by Gasteiger charge is -2.17. The van der Waals surface area contributed by atoms with Gasteiger partial charge in [0.15, 0.2) is 5.75 Å². The lowest BCUT2D eigenvalue weighted by Crippen LogP contribution is -2.22. The maximum atomic E-state index is 6.07. The number of likely N-dealkylation sites (tertiary alicyclic amines) is 1. The Balaban J connectivity index is 1.39. The quantitative estimate of drug-likeness (QED) is 0.705. The number of aromatic nitrogens is 2. The van der Waals surface area contributed by atoms with Gasteiger partial charge in [0, 0.05) is 24.3 Å². The van der Waals surface area contributed by atoms with Crippen molar-refractivity contribution in [3.63, 3.8) is 0 Å². The van der Waals surface area contributed by atoms with Gasteiger partial charge in [0.1, 0.15) is 5.52 Å². The standard InChI is InChI=1S/C22H30N4O2/c1-27-22-19(28-13-5-12-26-10-2-3-11-26)14-18-21(25-22)20(23-15-8-9-15)16-6-4-7-17(16)24-18/h14-15H,2-13H2,1H3,(H,23,24). The fraction of sp³-hybridized carbons (Fsp3) is 0.636. The molecule has 28 heavy (non-hydrogen) atoms.